The smallest absolute Gasteiger partial charge is 0.319 e. The van der Waals surface area contributed by atoms with E-state index in [4.69, 9.17) is 25.3 Å². The lowest BCUT2D eigenvalue weighted by Crippen LogP contribution is -2.59. The van der Waals surface area contributed by atoms with Crippen LogP contribution in [-0.4, -0.2) is 103 Å². The van der Waals surface area contributed by atoms with Gasteiger partial charge < -0.3 is 28.8 Å². The fraction of sp³-hybridized carbons (Fsp3) is 0.476. The van der Waals surface area contributed by atoms with E-state index in [0.29, 0.717) is 39.7 Å². The maximum Gasteiger partial charge on any atom is 0.319 e. The zero-order valence-corrected chi connectivity index (χ0v) is 31.3. The van der Waals surface area contributed by atoms with Crippen LogP contribution in [0.2, 0.25) is 0 Å². The number of benzene rings is 3. The highest BCUT2D eigenvalue weighted by molar-refractivity contribution is 6.18. The summed E-state index contributed by atoms with van der Waals surface area (Å²) in [5, 5.41) is 12.4. The van der Waals surface area contributed by atoms with Gasteiger partial charge in [0.15, 0.2) is 5.82 Å². The monoisotopic (exact) mass is 757 g/mol. The van der Waals surface area contributed by atoms with Gasteiger partial charge >= 0.3 is 6.01 Å². The third kappa shape index (κ3) is 5.78. The minimum absolute atomic E-state index is 0.0565. The van der Waals surface area contributed by atoms with E-state index in [0.717, 1.165) is 45.4 Å². The minimum Gasteiger partial charge on any atom is -0.508 e. The van der Waals surface area contributed by atoms with Crippen LogP contribution in [0.15, 0.2) is 34.7 Å². The van der Waals surface area contributed by atoms with Gasteiger partial charge in [0, 0.05) is 74.2 Å². The first kappa shape index (κ1) is 36.0. The molecule has 5 aromatic rings. The van der Waals surface area contributed by atoms with Crippen LogP contribution >= 0.6 is 0 Å². The molecule has 1 N–H and O–H groups in total. The van der Waals surface area contributed by atoms with Crippen LogP contribution < -0.4 is 9.64 Å². The van der Waals surface area contributed by atoms with Crippen LogP contribution in [0.1, 0.15) is 43.4 Å². The Bertz CT molecular complexity index is 2390. The van der Waals surface area contributed by atoms with Crippen molar-refractivity contribution in [3.05, 3.63) is 53.3 Å². The van der Waals surface area contributed by atoms with E-state index in [1.54, 1.807) is 39.1 Å². The predicted molar refractivity (Wildman–Crippen MR) is 202 cm³/mol. The summed E-state index contributed by atoms with van der Waals surface area (Å²) < 4.78 is 80.5. The number of ether oxygens (including phenoxy) is 2. The highest BCUT2D eigenvalue weighted by Gasteiger charge is 2.71. The Morgan fingerprint density at radius 2 is 1.78 bits per heavy atom. The van der Waals surface area contributed by atoms with Gasteiger partial charge in [0.1, 0.15) is 40.9 Å². The quantitative estimate of drug-likeness (QED) is 0.115. The molecule has 0 radical (unpaired) electrons. The van der Waals surface area contributed by atoms with Gasteiger partial charge in [-0.1, -0.05) is 12.0 Å². The Morgan fingerprint density at radius 1 is 1.05 bits per heavy atom. The lowest BCUT2D eigenvalue weighted by Gasteiger charge is -2.49. The van der Waals surface area contributed by atoms with Crippen LogP contribution in [0, 0.1) is 42.2 Å². The summed E-state index contributed by atoms with van der Waals surface area (Å²) in [6.07, 6.45) is 9.43. The summed E-state index contributed by atoms with van der Waals surface area (Å²) in [7, 11) is 5.20. The number of anilines is 1. The number of aromatic hydroxyl groups is 1. The molecule has 13 heteroatoms. The van der Waals surface area contributed by atoms with Crippen molar-refractivity contribution in [2.24, 2.45) is 11.3 Å². The summed E-state index contributed by atoms with van der Waals surface area (Å²) in [6.45, 7) is 3.82. The maximum absolute atomic E-state index is 17.7. The van der Waals surface area contributed by atoms with Crippen LogP contribution in [0.5, 0.6) is 11.8 Å². The zero-order chi connectivity index (χ0) is 38.6. The predicted octanol–water partition coefficient (Wildman–Crippen LogP) is 7.51. The number of terminal acetylenes is 1. The number of hydrogen-bond acceptors (Lipinski definition) is 9. The molecule has 55 heavy (non-hydrogen) atoms. The summed E-state index contributed by atoms with van der Waals surface area (Å²) >= 11 is 0. The van der Waals surface area contributed by atoms with Crippen LogP contribution in [0.4, 0.5) is 23.4 Å². The van der Waals surface area contributed by atoms with E-state index >= 15 is 8.78 Å². The van der Waals surface area contributed by atoms with Crippen molar-refractivity contribution in [3.63, 3.8) is 0 Å². The van der Waals surface area contributed by atoms with Crippen LogP contribution in [-0.2, 0) is 4.74 Å². The minimum atomic E-state index is -2.94. The first-order chi connectivity index (χ1) is 26.3. The first-order valence-electron chi connectivity index (χ1n) is 18.8. The van der Waals surface area contributed by atoms with Gasteiger partial charge in [-0.3, -0.25) is 4.90 Å². The number of likely N-dealkylation sites (tertiary alicyclic amines) is 1. The Balaban J connectivity index is 1.23. The second-order valence-corrected chi connectivity index (χ2v) is 16.4. The van der Waals surface area contributed by atoms with E-state index in [1.165, 1.54) is 24.3 Å². The Morgan fingerprint density at radius 3 is 2.44 bits per heavy atom. The van der Waals surface area contributed by atoms with Gasteiger partial charge in [0.25, 0.3) is 5.92 Å². The van der Waals surface area contributed by atoms with Gasteiger partial charge in [0.2, 0.25) is 0 Å². The number of methoxy groups -OCH3 is 1. The van der Waals surface area contributed by atoms with Crippen molar-refractivity contribution in [1.29, 1.82) is 0 Å². The number of furan rings is 1. The molecule has 2 saturated heterocycles. The number of alkyl halides is 2. The van der Waals surface area contributed by atoms with Crippen molar-refractivity contribution in [1.82, 2.24) is 19.8 Å². The number of piperazine rings is 1. The van der Waals surface area contributed by atoms with Crippen molar-refractivity contribution in [3.8, 4) is 35.2 Å². The van der Waals surface area contributed by atoms with Gasteiger partial charge in [-0.05, 0) is 82.3 Å². The molecule has 2 unspecified atom stereocenters. The van der Waals surface area contributed by atoms with E-state index in [9.17, 15) is 13.9 Å². The fourth-order valence-corrected chi connectivity index (χ4v) is 9.71. The van der Waals surface area contributed by atoms with Crippen LogP contribution in [0.3, 0.4) is 0 Å². The lowest BCUT2D eigenvalue weighted by molar-refractivity contribution is 0.0198. The molecule has 4 aliphatic rings. The van der Waals surface area contributed by atoms with E-state index in [1.807, 2.05) is 0 Å². The Labute approximate surface area is 316 Å². The third-order valence-corrected chi connectivity index (χ3v) is 12.3. The average molecular weight is 758 g/mol. The molecule has 2 bridgehead atoms. The largest absolute Gasteiger partial charge is 0.508 e. The molecule has 9 nitrogen and oxygen atoms in total. The Hall–Kier alpha value is -4.64. The number of phenols is 1. The Kier molecular flexibility index (Phi) is 8.49. The number of halogens is 4. The van der Waals surface area contributed by atoms with Crippen molar-refractivity contribution >= 4 is 38.5 Å². The second kappa shape index (κ2) is 13.0. The summed E-state index contributed by atoms with van der Waals surface area (Å²) in [5.74, 6) is -0.736. The number of nitrogens with zero attached hydrogens (tertiary/aromatic N) is 5. The molecule has 288 valence electrons. The van der Waals surface area contributed by atoms with Crippen LogP contribution in [0.25, 0.3) is 43.8 Å². The lowest BCUT2D eigenvalue weighted by atomic mass is 9.79. The number of aromatic nitrogens is 2. The van der Waals surface area contributed by atoms with Gasteiger partial charge in [0.05, 0.1) is 21.9 Å². The summed E-state index contributed by atoms with van der Waals surface area (Å²) in [5.41, 5.74) is -1.43. The molecule has 3 aromatic carbocycles. The molecule has 2 aromatic heterocycles. The molecular weight excluding hydrogens is 714 g/mol. The number of rotatable bonds is 10. The second-order valence-electron chi connectivity index (χ2n) is 16.4. The maximum atomic E-state index is 17.7. The average Bonchev–Trinajstić information content (AvgIpc) is 3.30. The number of aryl methyl sites for hydroxylation is 1. The standard InChI is InChI=1S/C42H43F4N5O4/c1-6-29-32(43)10-7-24-14-28(52)15-30(33(24)29)34-36(44)37-35(31-11-22(2)55-38(31)34)39(48-40(47-37)54-21-41(20-49(3)4)19-42(41,45)46)51-25-8-9-26(51)17-50(16-25)27-12-23(13-27)18-53-5/h1,7,10-11,14-15,23,25-27,52H,8-9,12-13,16-21H2,2-5H3/t23?,25?,26?,27?,41-/m1/s1. The van der Waals surface area contributed by atoms with Gasteiger partial charge in [-0.25, -0.2) is 17.6 Å². The summed E-state index contributed by atoms with van der Waals surface area (Å²) in [6, 6.07) is 7.60. The third-order valence-electron chi connectivity index (χ3n) is 12.3. The molecule has 3 atom stereocenters. The van der Waals surface area contributed by atoms with E-state index in [-0.39, 0.29) is 76.6 Å². The van der Waals surface area contributed by atoms with Crippen molar-refractivity contribution in [2.45, 2.75) is 63.1 Å². The number of phenolic OH excluding ortho intramolecular Hbond substituents is 1. The highest BCUT2D eigenvalue weighted by atomic mass is 19.3. The summed E-state index contributed by atoms with van der Waals surface area (Å²) in [4.78, 5) is 16.1. The number of hydrogen-bond donors (Lipinski definition) is 1. The van der Waals surface area contributed by atoms with E-state index in [2.05, 4.69) is 20.7 Å². The zero-order valence-electron chi connectivity index (χ0n) is 31.3. The normalized spacial score (nSPS) is 25.9. The molecule has 0 amide bonds. The van der Waals surface area contributed by atoms with Gasteiger partial charge in [-0.15, -0.1) is 6.42 Å². The molecule has 9 rings (SSSR count). The molecule has 4 heterocycles. The highest BCUT2D eigenvalue weighted by Crippen LogP contribution is 2.61. The topological polar surface area (TPSA) is 87.3 Å². The molecule has 2 aliphatic carbocycles. The molecule has 2 saturated carbocycles. The fourth-order valence-electron chi connectivity index (χ4n) is 9.71. The van der Waals surface area contributed by atoms with Crippen molar-refractivity contribution < 1.29 is 36.6 Å². The van der Waals surface area contributed by atoms with Gasteiger partial charge in [-0.2, -0.15) is 9.97 Å². The SMILES string of the molecule is C#Cc1c(F)ccc2cc(O)cc(-c3c(F)c4nc(OC[C@]5(CN(C)C)CC5(F)F)nc(N5C6CCC5CN(C5CC(COC)C5)C6)c4c4cc(C)oc34)c12. The molecular formula is C42H43F4N5O4. The first-order valence-corrected chi connectivity index (χ1v) is 18.8. The molecule has 2 aliphatic heterocycles. The molecule has 4 fully saturated rings. The van der Waals surface area contributed by atoms with Crippen molar-refractivity contribution in [2.75, 3.05) is 59.0 Å². The molecule has 0 spiro atoms. The number of fused-ring (bicyclic) bond motifs is 6. The van der Waals surface area contributed by atoms with E-state index < -0.39 is 23.0 Å².